The van der Waals surface area contributed by atoms with Crippen molar-refractivity contribution in [1.29, 1.82) is 0 Å². The third-order valence-electron chi connectivity index (χ3n) is 3.82. The van der Waals surface area contributed by atoms with E-state index in [4.69, 9.17) is 18.9 Å². The summed E-state index contributed by atoms with van der Waals surface area (Å²) in [5.74, 6) is 0.209. The third-order valence-corrected chi connectivity index (χ3v) is 3.82. The van der Waals surface area contributed by atoms with Crippen LogP contribution in [0.15, 0.2) is 35.4 Å². The van der Waals surface area contributed by atoms with Gasteiger partial charge in [-0.2, -0.15) is 5.10 Å². The van der Waals surface area contributed by atoms with Gasteiger partial charge in [-0.1, -0.05) is 0 Å². The predicted octanol–water partition coefficient (Wildman–Crippen LogP) is 3.01. The van der Waals surface area contributed by atoms with Crippen LogP contribution >= 0.6 is 0 Å². The first-order valence-corrected chi connectivity index (χ1v) is 7.93. The largest absolute Gasteiger partial charge is 0.494 e. The molecule has 2 rings (SSSR count). The Bertz CT molecular complexity index is 842. The minimum atomic E-state index is -0.513. The van der Waals surface area contributed by atoms with Crippen molar-refractivity contribution in [2.75, 3.05) is 28.4 Å². The topological polar surface area (TPSA) is 78.4 Å². The highest BCUT2D eigenvalue weighted by atomic mass is 19.1. The fraction of sp³-hybridized carbons (Fsp3) is 0.263. The van der Waals surface area contributed by atoms with Gasteiger partial charge in [0.1, 0.15) is 0 Å². The average Bonchev–Trinajstić information content (AvgIpc) is 2.70. The maximum Gasteiger partial charge on any atom is 0.271 e. The van der Waals surface area contributed by atoms with Gasteiger partial charge in [0.15, 0.2) is 23.1 Å². The summed E-state index contributed by atoms with van der Waals surface area (Å²) in [6, 6.07) is 7.43. The zero-order valence-electron chi connectivity index (χ0n) is 15.8. The van der Waals surface area contributed by atoms with Crippen molar-refractivity contribution in [3.05, 3.63) is 47.3 Å². The molecule has 0 unspecified atom stereocenters. The number of hydrogen-bond acceptors (Lipinski definition) is 6. The second-order valence-corrected chi connectivity index (χ2v) is 5.40. The number of ether oxygens (including phenoxy) is 4. The molecule has 2 aromatic rings. The fourth-order valence-corrected chi connectivity index (χ4v) is 2.37. The molecule has 0 aliphatic carbocycles. The van der Waals surface area contributed by atoms with Crippen LogP contribution in [0.4, 0.5) is 4.39 Å². The van der Waals surface area contributed by atoms with E-state index < -0.39 is 11.7 Å². The van der Waals surface area contributed by atoms with E-state index in [1.165, 1.54) is 52.7 Å². The number of hydrazone groups is 1. The Balaban J connectivity index is 2.24. The Morgan fingerprint density at radius 3 is 1.96 bits per heavy atom. The van der Waals surface area contributed by atoms with E-state index in [1.54, 1.807) is 13.0 Å². The fourth-order valence-electron chi connectivity index (χ4n) is 2.37. The lowest BCUT2D eigenvalue weighted by Crippen LogP contribution is -2.19. The van der Waals surface area contributed by atoms with Gasteiger partial charge < -0.3 is 18.9 Å². The van der Waals surface area contributed by atoms with Crippen molar-refractivity contribution >= 4 is 11.6 Å². The monoisotopic (exact) mass is 376 g/mol. The van der Waals surface area contributed by atoms with E-state index in [0.717, 1.165) is 0 Å². The summed E-state index contributed by atoms with van der Waals surface area (Å²) in [4.78, 5) is 12.4. The predicted molar refractivity (Wildman–Crippen MR) is 98.7 cm³/mol. The molecule has 27 heavy (non-hydrogen) atoms. The number of rotatable bonds is 7. The summed E-state index contributed by atoms with van der Waals surface area (Å²) < 4.78 is 34.4. The lowest BCUT2D eigenvalue weighted by Gasteiger charge is -2.13. The van der Waals surface area contributed by atoms with Crippen LogP contribution in [0.1, 0.15) is 22.8 Å². The van der Waals surface area contributed by atoms with Crippen LogP contribution in [0.5, 0.6) is 23.0 Å². The molecule has 144 valence electrons. The second-order valence-electron chi connectivity index (χ2n) is 5.40. The molecule has 0 aliphatic heterocycles. The lowest BCUT2D eigenvalue weighted by atomic mass is 10.1. The molecule has 7 nitrogen and oxygen atoms in total. The number of amides is 1. The average molecular weight is 376 g/mol. The van der Waals surface area contributed by atoms with Crippen LogP contribution in [0, 0.1) is 5.82 Å². The van der Waals surface area contributed by atoms with Crippen molar-refractivity contribution in [2.45, 2.75) is 6.92 Å². The summed E-state index contributed by atoms with van der Waals surface area (Å²) in [6.45, 7) is 1.65. The number of carbonyl (C=O) groups excluding carboxylic acids is 1. The third kappa shape index (κ3) is 4.46. The van der Waals surface area contributed by atoms with E-state index in [-0.39, 0.29) is 11.3 Å². The molecule has 8 heteroatoms. The van der Waals surface area contributed by atoms with Crippen molar-refractivity contribution in [3.63, 3.8) is 0 Å². The second kappa shape index (κ2) is 8.88. The number of methoxy groups -OCH3 is 4. The summed E-state index contributed by atoms with van der Waals surface area (Å²) in [7, 11) is 5.78. The first-order valence-electron chi connectivity index (χ1n) is 7.93. The molecule has 0 aliphatic rings. The summed E-state index contributed by atoms with van der Waals surface area (Å²) in [5, 5.41) is 4.02. The molecular formula is C19H21FN2O5. The highest BCUT2D eigenvalue weighted by Gasteiger charge is 2.17. The minimum absolute atomic E-state index is 0.132. The van der Waals surface area contributed by atoms with Crippen LogP contribution in [0.25, 0.3) is 0 Å². The summed E-state index contributed by atoms with van der Waals surface area (Å²) >= 11 is 0. The minimum Gasteiger partial charge on any atom is -0.494 e. The van der Waals surface area contributed by atoms with Gasteiger partial charge in [0.25, 0.3) is 5.91 Å². The van der Waals surface area contributed by atoms with Crippen molar-refractivity contribution in [1.82, 2.24) is 5.43 Å². The van der Waals surface area contributed by atoms with Gasteiger partial charge in [-0.3, -0.25) is 4.79 Å². The highest BCUT2D eigenvalue weighted by molar-refractivity contribution is 6.01. The highest BCUT2D eigenvalue weighted by Crippen LogP contribution is 2.38. The van der Waals surface area contributed by atoms with E-state index >= 15 is 0 Å². The SMILES string of the molecule is COc1ccc(/C(C)=N\NC(=O)c2cc(OC)c(OC)c(OC)c2)cc1F. The van der Waals surface area contributed by atoms with E-state index in [0.29, 0.717) is 28.5 Å². The van der Waals surface area contributed by atoms with Crippen LogP contribution in [-0.4, -0.2) is 40.1 Å². The summed E-state index contributed by atoms with van der Waals surface area (Å²) in [5.41, 5.74) is 3.64. The van der Waals surface area contributed by atoms with Crippen LogP contribution in [-0.2, 0) is 0 Å². The molecule has 0 spiro atoms. The van der Waals surface area contributed by atoms with Gasteiger partial charge in [-0.05, 0) is 37.3 Å². The molecule has 0 radical (unpaired) electrons. The van der Waals surface area contributed by atoms with E-state index in [2.05, 4.69) is 10.5 Å². The first-order chi connectivity index (χ1) is 12.9. The maximum atomic E-state index is 13.8. The molecule has 1 amide bonds. The van der Waals surface area contributed by atoms with Crippen molar-refractivity contribution < 1.29 is 28.1 Å². The lowest BCUT2D eigenvalue weighted by molar-refractivity contribution is 0.0954. The molecule has 0 fully saturated rings. The smallest absolute Gasteiger partial charge is 0.271 e. The van der Waals surface area contributed by atoms with Gasteiger partial charge in [0.2, 0.25) is 5.75 Å². The van der Waals surface area contributed by atoms with Gasteiger partial charge >= 0.3 is 0 Å². The number of nitrogens with zero attached hydrogens (tertiary/aromatic N) is 1. The van der Waals surface area contributed by atoms with Crippen LogP contribution in [0.2, 0.25) is 0 Å². The van der Waals surface area contributed by atoms with Gasteiger partial charge in [0, 0.05) is 11.1 Å². The Hall–Kier alpha value is -3.29. The molecule has 0 saturated carbocycles. The Morgan fingerprint density at radius 2 is 1.48 bits per heavy atom. The Kier molecular flexibility index (Phi) is 6.59. The van der Waals surface area contributed by atoms with E-state index in [9.17, 15) is 9.18 Å². The van der Waals surface area contributed by atoms with Crippen LogP contribution in [0.3, 0.4) is 0 Å². The number of benzene rings is 2. The standard InChI is InChI=1S/C19H21FN2O5/c1-11(12-6-7-15(24-2)14(20)8-12)21-22-19(23)13-9-16(25-3)18(27-5)17(10-13)26-4/h6-10H,1-5H3,(H,22,23)/b21-11-. The van der Waals surface area contributed by atoms with Crippen molar-refractivity contribution in [3.8, 4) is 23.0 Å². The summed E-state index contributed by atoms with van der Waals surface area (Å²) in [6.07, 6.45) is 0. The molecular weight excluding hydrogens is 355 g/mol. The Labute approximate surface area is 156 Å². The zero-order valence-corrected chi connectivity index (χ0v) is 15.8. The van der Waals surface area contributed by atoms with Gasteiger partial charge in [0.05, 0.1) is 34.2 Å². The molecule has 0 saturated heterocycles. The molecule has 0 heterocycles. The molecule has 1 N–H and O–H groups in total. The number of hydrogen-bond donors (Lipinski definition) is 1. The molecule has 2 aromatic carbocycles. The van der Waals surface area contributed by atoms with E-state index in [1.807, 2.05) is 0 Å². The zero-order chi connectivity index (χ0) is 20.0. The van der Waals surface area contributed by atoms with Crippen LogP contribution < -0.4 is 24.4 Å². The normalized spacial score (nSPS) is 11.0. The first kappa shape index (κ1) is 20.0. The van der Waals surface area contributed by atoms with Gasteiger partial charge in [-0.15, -0.1) is 0 Å². The number of nitrogens with one attached hydrogen (secondary N) is 1. The Morgan fingerprint density at radius 1 is 0.889 bits per heavy atom. The molecule has 0 bridgehead atoms. The number of halogens is 1. The number of carbonyl (C=O) groups is 1. The maximum absolute atomic E-state index is 13.8. The quantitative estimate of drug-likeness (QED) is 0.594. The molecule has 0 aromatic heterocycles. The van der Waals surface area contributed by atoms with Crippen molar-refractivity contribution in [2.24, 2.45) is 5.10 Å². The van der Waals surface area contributed by atoms with Gasteiger partial charge in [-0.25, -0.2) is 9.82 Å². The molecule has 0 atom stereocenters.